The molecule has 1 fully saturated rings. The van der Waals surface area contributed by atoms with Gasteiger partial charge in [0.25, 0.3) is 5.91 Å². The zero-order chi connectivity index (χ0) is 30.2. The van der Waals surface area contributed by atoms with Crippen molar-refractivity contribution in [3.63, 3.8) is 0 Å². The lowest BCUT2D eigenvalue weighted by Gasteiger charge is -2.30. The number of hydrogen-bond donors (Lipinski definition) is 3. The maximum absolute atomic E-state index is 12.3. The van der Waals surface area contributed by atoms with E-state index >= 15 is 0 Å². The topological polar surface area (TPSA) is 175 Å². The van der Waals surface area contributed by atoms with Crippen LogP contribution >= 0.6 is 0 Å². The van der Waals surface area contributed by atoms with E-state index in [4.69, 9.17) is 21.2 Å². The zero-order valence-corrected chi connectivity index (χ0v) is 23.8. The van der Waals surface area contributed by atoms with Crippen LogP contribution in [0.3, 0.4) is 0 Å². The van der Waals surface area contributed by atoms with Gasteiger partial charge >= 0.3 is 6.09 Å². The van der Waals surface area contributed by atoms with Crippen LogP contribution in [0.1, 0.15) is 38.8 Å². The second kappa shape index (κ2) is 10.8. The molecule has 1 saturated heterocycles. The van der Waals surface area contributed by atoms with E-state index in [1.54, 1.807) is 48.5 Å². The molecule has 1 aromatic carbocycles. The molecule has 1 unspecified atom stereocenters. The summed E-state index contributed by atoms with van der Waals surface area (Å²) in [5, 5.41) is 15.8. The van der Waals surface area contributed by atoms with Gasteiger partial charge in [0, 0.05) is 66.2 Å². The van der Waals surface area contributed by atoms with Gasteiger partial charge in [-0.1, -0.05) is 44.7 Å². The van der Waals surface area contributed by atoms with Crippen LogP contribution in [0.5, 0.6) is 0 Å². The average Bonchev–Trinajstić information content (AvgIpc) is 3.52. The van der Waals surface area contributed by atoms with E-state index in [-0.39, 0.29) is 30.3 Å². The summed E-state index contributed by atoms with van der Waals surface area (Å²) in [6.45, 7) is 6.59. The van der Waals surface area contributed by atoms with E-state index < -0.39 is 17.6 Å². The van der Waals surface area contributed by atoms with Crippen molar-refractivity contribution in [2.75, 3.05) is 25.9 Å². The Hall–Kier alpha value is -5.02. The van der Waals surface area contributed by atoms with Crippen molar-refractivity contribution >= 4 is 28.7 Å². The summed E-state index contributed by atoms with van der Waals surface area (Å²) in [7, 11) is 1.64. The molecule has 2 atom stereocenters. The summed E-state index contributed by atoms with van der Waals surface area (Å²) in [5.74, 6) is 5.91. The lowest BCUT2D eigenvalue weighted by atomic mass is 9.87. The van der Waals surface area contributed by atoms with Crippen molar-refractivity contribution in [3.8, 4) is 34.4 Å². The normalized spacial score (nSPS) is 17.6. The molecule has 216 valence electrons. The molecule has 5 N–H and O–H groups in total. The minimum Gasteiger partial charge on any atom is -0.447 e. The number of likely N-dealkylation sites (N-methyl/N-ethyl adjacent to an activating group) is 1. The third-order valence-corrected chi connectivity index (χ3v) is 7.31. The molecule has 4 aromatic rings. The molecule has 0 spiro atoms. The van der Waals surface area contributed by atoms with Gasteiger partial charge in [0.05, 0.1) is 12.2 Å². The van der Waals surface area contributed by atoms with Gasteiger partial charge in [-0.2, -0.15) is 5.10 Å². The summed E-state index contributed by atoms with van der Waals surface area (Å²) in [5.41, 5.74) is 12.7. The Morgan fingerprint density at radius 1 is 1.21 bits per heavy atom. The first kappa shape index (κ1) is 28.5. The van der Waals surface area contributed by atoms with Crippen LogP contribution in [0.15, 0.2) is 49.1 Å². The molecule has 3 aromatic heterocycles. The second-order valence-corrected chi connectivity index (χ2v) is 11.4. The number of nitrogens with two attached hydrogens (primary N) is 2. The molecule has 42 heavy (non-hydrogen) atoms. The van der Waals surface area contributed by atoms with Crippen molar-refractivity contribution in [1.82, 2.24) is 29.6 Å². The number of carbonyl (C=O) groups is 2. The molecule has 12 nitrogen and oxygen atoms in total. The Balaban J connectivity index is 1.47. The number of nitrogens with zero attached hydrogens (tertiary/aromatic N) is 6. The van der Waals surface area contributed by atoms with E-state index in [0.29, 0.717) is 34.4 Å². The summed E-state index contributed by atoms with van der Waals surface area (Å²) in [6.07, 6.45) is 6.31. The molecular weight excluding hydrogens is 536 g/mol. The van der Waals surface area contributed by atoms with Crippen molar-refractivity contribution < 1.29 is 19.4 Å². The molecule has 1 aliphatic rings. The monoisotopic (exact) mass is 568 g/mol. The minimum absolute atomic E-state index is 0.0727. The second-order valence-electron chi connectivity index (χ2n) is 11.4. The fourth-order valence-electron chi connectivity index (χ4n) is 4.82. The van der Waals surface area contributed by atoms with E-state index in [1.807, 2.05) is 33.0 Å². The van der Waals surface area contributed by atoms with Crippen LogP contribution < -0.4 is 11.5 Å². The summed E-state index contributed by atoms with van der Waals surface area (Å²) in [4.78, 5) is 38.7. The zero-order valence-electron chi connectivity index (χ0n) is 23.8. The number of amides is 2. The number of hydrogen-bond acceptors (Lipinski definition) is 9. The number of pyridine rings is 1. The number of fused-ring (bicyclic) bond motifs is 1. The Kier molecular flexibility index (Phi) is 7.30. The number of benzene rings is 1. The maximum atomic E-state index is 12.3. The largest absolute Gasteiger partial charge is 0.447 e. The third kappa shape index (κ3) is 5.59. The predicted octanol–water partition coefficient (Wildman–Crippen LogP) is 2.76. The highest BCUT2D eigenvalue weighted by atomic mass is 16.5. The third-order valence-electron chi connectivity index (χ3n) is 7.31. The molecule has 5 rings (SSSR count). The first-order chi connectivity index (χ1) is 19.9. The number of aromatic nitrogens is 5. The Morgan fingerprint density at radius 3 is 2.69 bits per heavy atom. The maximum Gasteiger partial charge on any atom is 0.404 e. The number of likely N-dealkylation sites (tertiary alicyclic amines) is 1. The average molecular weight is 569 g/mol. The van der Waals surface area contributed by atoms with Crippen LogP contribution in [-0.4, -0.2) is 72.5 Å². The number of carbonyl (C=O) groups excluding carboxylic acids is 2. The first-order valence-corrected chi connectivity index (χ1v) is 13.4. The van der Waals surface area contributed by atoms with Crippen LogP contribution in [0.2, 0.25) is 0 Å². The molecule has 0 bridgehead atoms. The number of rotatable bonds is 5. The van der Waals surface area contributed by atoms with Gasteiger partial charge in [-0.05, 0) is 17.5 Å². The number of nitrogen functional groups attached to an aromatic ring is 1. The van der Waals surface area contributed by atoms with Crippen molar-refractivity contribution in [3.05, 3.63) is 54.6 Å². The highest BCUT2D eigenvalue weighted by molar-refractivity contribution is 5.98. The summed E-state index contributed by atoms with van der Waals surface area (Å²) in [6, 6.07) is 6.96. The van der Waals surface area contributed by atoms with Gasteiger partial charge in [-0.15, -0.1) is 0 Å². The first-order valence-electron chi connectivity index (χ1n) is 13.4. The molecule has 12 heteroatoms. The number of primary amides is 1. The Bertz CT molecular complexity index is 1750. The molecule has 0 radical (unpaired) electrons. The quantitative estimate of drug-likeness (QED) is 0.306. The minimum atomic E-state index is -1.68. The van der Waals surface area contributed by atoms with Crippen molar-refractivity contribution in [2.45, 2.75) is 38.8 Å². The summed E-state index contributed by atoms with van der Waals surface area (Å²) >= 11 is 0. The van der Waals surface area contributed by atoms with Gasteiger partial charge in [0.1, 0.15) is 17.9 Å². The standard InChI is InChI=1S/C30H32N8O4/c1-29(2,3)23(17-42-28(32)40)38-16-20(13-35-38)21-14-33-25(31)24-22(21)15-34-26(36-24)19-7-5-6-18(12-19)8-9-30(41)10-11-37(4)27(30)39/h5-7,12-16,23,41H,10-11,17H2,1-4H3,(H2,31,33)(H2,32,40)/t23-,30?/m0/s1. The molecule has 1 aliphatic heterocycles. The fourth-order valence-corrected chi connectivity index (χ4v) is 4.82. The number of anilines is 1. The summed E-state index contributed by atoms with van der Waals surface area (Å²) < 4.78 is 6.84. The van der Waals surface area contributed by atoms with E-state index in [0.717, 1.165) is 11.1 Å². The molecule has 0 aliphatic carbocycles. The number of aliphatic hydroxyl groups is 1. The van der Waals surface area contributed by atoms with Gasteiger partial charge in [0.15, 0.2) is 5.82 Å². The van der Waals surface area contributed by atoms with Gasteiger partial charge in [0.2, 0.25) is 5.60 Å². The molecule has 2 amide bonds. The van der Waals surface area contributed by atoms with E-state index in [1.165, 1.54) is 4.90 Å². The highest BCUT2D eigenvalue weighted by Gasteiger charge is 2.42. The van der Waals surface area contributed by atoms with Crippen molar-refractivity contribution in [2.24, 2.45) is 11.1 Å². The smallest absolute Gasteiger partial charge is 0.404 e. The molecule has 0 saturated carbocycles. The van der Waals surface area contributed by atoms with E-state index in [9.17, 15) is 14.7 Å². The molecular formula is C30H32N8O4. The van der Waals surface area contributed by atoms with Crippen LogP contribution in [0.25, 0.3) is 33.4 Å². The lowest BCUT2D eigenvalue weighted by molar-refractivity contribution is -0.137. The SMILES string of the molecule is CN1CCC(O)(C#Cc2cccc(-c3ncc4c(-c5cnn([C@@H](COC(N)=O)C(C)(C)C)c5)cnc(N)c4n3)c2)C1=O. The van der Waals surface area contributed by atoms with Gasteiger partial charge < -0.3 is 26.2 Å². The van der Waals surface area contributed by atoms with Gasteiger partial charge in [-0.3, -0.25) is 9.48 Å². The number of ether oxygens (including phenoxy) is 1. The molecule has 4 heterocycles. The van der Waals surface area contributed by atoms with E-state index in [2.05, 4.69) is 26.9 Å². The Labute approximate surface area is 242 Å². The fraction of sp³-hybridized carbons (Fsp3) is 0.333. The lowest BCUT2D eigenvalue weighted by Crippen LogP contribution is -2.37. The van der Waals surface area contributed by atoms with Gasteiger partial charge in [-0.25, -0.2) is 19.7 Å². The van der Waals surface area contributed by atoms with Crippen LogP contribution in [-0.2, 0) is 9.53 Å². The Morgan fingerprint density at radius 2 is 2.00 bits per heavy atom. The van der Waals surface area contributed by atoms with Crippen LogP contribution in [0, 0.1) is 17.3 Å². The highest BCUT2D eigenvalue weighted by Crippen LogP contribution is 2.34. The predicted molar refractivity (Wildman–Crippen MR) is 157 cm³/mol. The van der Waals surface area contributed by atoms with Crippen molar-refractivity contribution in [1.29, 1.82) is 0 Å². The van der Waals surface area contributed by atoms with Crippen LogP contribution in [0.4, 0.5) is 10.6 Å².